The molecule has 1 aliphatic rings. The van der Waals surface area contributed by atoms with Gasteiger partial charge in [-0.15, -0.1) is 15.8 Å². The van der Waals surface area contributed by atoms with Gasteiger partial charge >= 0.3 is 0 Å². The van der Waals surface area contributed by atoms with Crippen LogP contribution in [0.15, 0.2) is 0 Å². The highest BCUT2D eigenvalue weighted by Gasteiger charge is 2.35. The van der Waals surface area contributed by atoms with E-state index >= 15 is 0 Å². The average molecular weight is 360 g/mol. The van der Waals surface area contributed by atoms with Crippen LogP contribution < -0.4 is 0 Å². The molecule has 2 unspecified atom stereocenters. The van der Waals surface area contributed by atoms with Crippen LogP contribution in [0.3, 0.4) is 0 Å². The van der Waals surface area contributed by atoms with Crippen LogP contribution >= 0.6 is 15.8 Å². The Morgan fingerprint density at radius 3 is 1.12 bits per heavy atom. The zero-order valence-electron chi connectivity index (χ0n) is 14.3. The monoisotopic (exact) mass is 360 g/mol. The third-order valence-electron chi connectivity index (χ3n) is 4.68. The van der Waals surface area contributed by atoms with Crippen molar-refractivity contribution in [2.45, 2.75) is 62.7 Å². The molecule has 2 atom stereocenters. The molecule has 1 rings (SSSR count). The maximum Gasteiger partial charge on any atom is 0.0625 e. The zero-order chi connectivity index (χ0) is 17.6. The molecular formula is C18H26N4P2. The lowest BCUT2D eigenvalue weighted by Gasteiger charge is -2.41. The Morgan fingerprint density at radius 2 is 0.875 bits per heavy atom. The van der Waals surface area contributed by atoms with Gasteiger partial charge in [-0.2, -0.15) is 21.0 Å². The number of hydrogen-bond acceptors (Lipinski definition) is 4. The molecule has 4 nitrogen and oxygen atoms in total. The SMILES string of the molecule is N#CCCP(CCC#N)C1CCCCC1P(CCC#N)CCC#N. The van der Waals surface area contributed by atoms with E-state index < -0.39 is 0 Å². The number of hydrogen-bond donors (Lipinski definition) is 0. The van der Waals surface area contributed by atoms with E-state index in [9.17, 15) is 0 Å². The molecule has 1 saturated carbocycles. The van der Waals surface area contributed by atoms with E-state index in [0.717, 1.165) is 24.6 Å². The maximum atomic E-state index is 8.97. The summed E-state index contributed by atoms with van der Waals surface area (Å²) in [6.07, 6.45) is 11.1. The Bertz CT molecular complexity index is 439. The van der Waals surface area contributed by atoms with Crippen molar-refractivity contribution < 1.29 is 0 Å². The fourth-order valence-corrected chi connectivity index (χ4v) is 10.4. The van der Waals surface area contributed by atoms with Gasteiger partial charge in [0.25, 0.3) is 0 Å². The molecule has 1 aliphatic carbocycles. The molecule has 0 saturated heterocycles. The summed E-state index contributed by atoms with van der Waals surface area (Å²) in [5.74, 6) is 0. The number of rotatable bonds is 10. The number of nitrogens with zero attached hydrogens (tertiary/aromatic N) is 4. The van der Waals surface area contributed by atoms with E-state index in [1.807, 2.05) is 0 Å². The first-order chi connectivity index (χ1) is 11.8. The number of nitriles is 4. The first-order valence-electron chi connectivity index (χ1n) is 8.74. The molecule has 0 aromatic carbocycles. The molecule has 1 fully saturated rings. The molecule has 0 aromatic heterocycles. The van der Waals surface area contributed by atoms with Gasteiger partial charge in [0.05, 0.1) is 24.3 Å². The Kier molecular flexibility index (Phi) is 11.4. The fraction of sp³-hybridized carbons (Fsp3) is 0.778. The second-order valence-corrected chi connectivity index (χ2v) is 11.6. The van der Waals surface area contributed by atoms with Gasteiger partial charge in [-0.05, 0) is 48.8 Å². The summed E-state index contributed by atoms with van der Waals surface area (Å²) in [6.45, 7) is 0. The summed E-state index contributed by atoms with van der Waals surface area (Å²) in [5.41, 5.74) is 1.28. The quantitative estimate of drug-likeness (QED) is 0.517. The average Bonchev–Trinajstić information content (AvgIpc) is 2.62. The smallest absolute Gasteiger partial charge is 0.0625 e. The summed E-state index contributed by atoms with van der Waals surface area (Å²) in [7, 11) is -0.574. The van der Waals surface area contributed by atoms with Crippen LogP contribution in [0.25, 0.3) is 0 Å². The predicted molar refractivity (Wildman–Crippen MR) is 100 cm³/mol. The Balaban J connectivity index is 2.88. The summed E-state index contributed by atoms with van der Waals surface area (Å²) < 4.78 is 0. The lowest BCUT2D eigenvalue weighted by atomic mass is 9.99. The van der Waals surface area contributed by atoms with Gasteiger partial charge in [0.1, 0.15) is 0 Å². The lowest BCUT2D eigenvalue weighted by molar-refractivity contribution is 0.516. The first kappa shape index (κ1) is 20.9. The molecule has 0 heterocycles. The van der Waals surface area contributed by atoms with Crippen molar-refractivity contribution >= 4 is 15.8 Å². The van der Waals surface area contributed by atoms with E-state index in [1.54, 1.807) is 0 Å². The first-order valence-corrected chi connectivity index (χ1v) is 12.3. The molecule has 0 aliphatic heterocycles. The molecule has 0 radical (unpaired) electrons. The largest absolute Gasteiger partial charge is 0.198 e. The van der Waals surface area contributed by atoms with Crippen molar-refractivity contribution in [3.63, 3.8) is 0 Å². The van der Waals surface area contributed by atoms with Gasteiger partial charge in [0, 0.05) is 25.7 Å². The summed E-state index contributed by atoms with van der Waals surface area (Å²) >= 11 is 0. The second-order valence-electron chi connectivity index (χ2n) is 6.12. The van der Waals surface area contributed by atoms with Crippen molar-refractivity contribution in [1.29, 1.82) is 21.0 Å². The third-order valence-corrected chi connectivity index (χ3v) is 11.2. The molecule has 6 heteroatoms. The Morgan fingerprint density at radius 1 is 0.583 bits per heavy atom. The van der Waals surface area contributed by atoms with Crippen LogP contribution in [-0.4, -0.2) is 36.0 Å². The molecule has 0 aromatic rings. The van der Waals surface area contributed by atoms with E-state index in [-0.39, 0.29) is 15.8 Å². The van der Waals surface area contributed by atoms with Crippen LogP contribution in [-0.2, 0) is 0 Å². The second kappa shape index (κ2) is 13.1. The van der Waals surface area contributed by atoms with Crippen molar-refractivity contribution in [1.82, 2.24) is 0 Å². The molecule has 24 heavy (non-hydrogen) atoms. The minimum Gasteiger partial charge on any atom is -0.198 e. The van der Waals surface area contributed by atoms with Crippen LogP contribution in [0.5, 0.6) is 0 Å². The van der Waals surface area contributed by atoms with E-state index in [1.165, 1.54) is 25.7 Å². The zero-order valence-corrected chi connectivity index (χ0v) is 16.1. The van der Waals surface area contributed by atoms with Gasteiger partial charge in [0.2, 0.25) is 0 Å². The Labute approximate surface area is 149 Å². The van der Waals surface area contributed by atoms with Gasteiger partial charge < -0.3 is 0 Å². The molecule has 0 amide bonds. The maximum absolute atomic E-state index is 8.97. The van der Waals surface area contributed by atoms with Crippen molar-refractivity contribution in [3.05, 3.63) is 0 Å². The molecule has 0 bridgehead atoms. The molecule has 0 spiro atoms. The van der Waals surface area contributed by atoms with E-state index in [2.05, 4.69) is 24.3 Å². The van der Waals surface area contributed by atoms with Crippen LogP contribution in [0.1, 0.15) is 51.4 Å². The summed E-state index contributed by atoms with van der Waals surface area (Å²) in [5, 5.41) is 35.9. The molecule has 0 N–H and O–H groups in total. The highest BCUT2D eigenvalue weighted by Crippen LogP contribution is 2.58. The topological polar surface area (TPSA) is 95.2 Å². The highest BCUT2D eigenvalue weighted by atomic mass is 31.1. The predicted octanol–water partition coefficient (Wildman–Crippen LogP) is 4.92. The third kappa shape index (κ3) is 7.15. The van der Waals surface area contributed by atoms with Crippen LogP contribution in [0, 0.1) is 45.3 Å². The van der Waals surface area contributed by atoms with Gasteiger partial charge in [0.15, 0.2) is 0 Å². The lowest BCUT2D eigenvalue weighted by Crippen LogP contribution is -2.30. The normalized spacial score (nSPS) is 20.1. The van der Waals surface area contributed by atoms with E-state index in [0.29, 0.717) is 37.0 Å². The van der Waals surface area contributed by atoms with Crippen molar-refractivity contribution in [2.75, 3.05) is 24.6 Å². The molecule has 128 valence electrons. The van der Waals surface area contributed by atoms with Crippen LogP contribution in [0.4, 0.5) is 0 Å². The Hall–Kier alpha value is -1.18. The highest BCUT2D eigenvalue weighted by molar-refractivity contribution is 7.62. The standard InChI is InChI=1S/C18H26N4P2/c19-9-3-13-23(14-4-10-20)17-7-1-2-8-18(17)24(15-5-11-21)16-6-12-22/h17-18H,1-8,13-16H2. The minimum atomic E-state index is -0.287. The van der Waals surface area contributed by atoms with Crippen LogP contribution in [0.2, 0.25) is 0 Å². The van der Waals surface area contributed by atoms with Gasteiger partial charge in [-0.3, -0.25) is 0 Å². The fourth-order valence-electron chi connectivity index (χ4n) is 3.60. The van der Waals surface area contributed by atoms with E-state index in [4.69, 9.17) is 21.0 Å². The summed E-state index contributed by atoms with van der Waals surface area (Å²) in [4.78, 5) is 0. The van der Waals surface area contributed by atoms with Gasteiger partial charge in [-0.1, -0.05) is 12.8 Å². The molecular weight excluding hydrogens is 334 g/mol. The minimum absolute atomic E-state index is 0.287. The van der Waals surface area contributed by atoms with Crippen molar-refractivity contribution in [2.24, 2.45) is 0 Å². The summed E-state index contributed by atoms with van der Waals surface area (Å²) in [6, 6.07) is 9.12. The van der Waals surface area contributed by atoms with Crippen molar-refractivity contribution in [3.8, 4) is 24.3 Å². The van der Waals surface area contributed by atoms with Gasteiger partial charge in [-0.25, -0.2) is 0 Å².